The van der Waals surface area contributed by atoms with Gasteiger partial charge in [-0.25, -0.2) is 9.97 Å². The highest BCUT2D eigenvalue weighted by Gasteiger charge is 2.40. The number of nitrogens with one attached hydrogen (secondary N) is 3. The van der Waals surface area contributed by atoms with Crippen molar-refractivity contribution in [2.45, 2.75) is 51.1 Å². The predicted octanol–water partition coefficient (Wildman–Crippen LogP) is 4.56. The lowest BCUT2D eigenvalue weighted by Crippen LogP contribution is -2.56. The quantitative estimate of drug-likeness (QED) is 0.452. The topological polar surface area (TPSA) is 95.8 Å². The van der Waals surface area contributed by atoms with Crippen molar-refractivity contribution in [3.05, 3.63) is 36.5 Å². The zero-order valence-electron chi connectivity index (χ0n) is 16.5. The third-order valence-electron chi connectivity index (χ3n) is 6.17. The van der Waals surface area contributed by atoms with E-state index in [1.807, 2.05) is 18.2 Å². The summed E-state index contributed by atoms with van der Waals surface area (Å²) in [5.74, 6) is 1.92. The molecule has 1 aliphatic heterocycles. The minimum atomic E-state index is -0.0716. The molecule has 0 amide bonds. The molecule has 0 radical (unpaired) electrons. The summed E-state index contributed by atoms with van der Waals surface area (Å²) in [6, 6.07) is 10.5. The second-order valence-electron chi connectivity index (χ2n) is 7.83. The van der Waals surface area contributed by atoms with Gasteiger partial charge in [-0.05, 0) is 31.4 Å². The molecule has 0 saturated heterocycles. The Labute approximate surface area is 169 Å². The molecule has 3 aromatic rings. The van der Waals surface area contributed by atoms with Gasteiger partial charge in [0.15, 0.2) is 11.6 Å². The van der Waals surface area contributed by atoms with Crippen molar-refractivity contribution in [3.8, 4) is 11.5 Å². The van der Waals surface area contributed by atoms with Crippen LogP contribution in [-0.2, 0) is 0 Å². The van der Waals surface area contributed by atoms with Crippen LogP contribution < -0.4 is 9.80 Å². The zero-order chi connectivity index (χ0) is 20.0. The van der Waals surface area contributed by atoms with Crippen molar-refractivity contribution < 1.29 is 0 Å². The molecule has 1 aliphatic carbocycles. The Morgan fingerprint density at radius 2 is 2.03 bits per heavy atom. The van der Waals surface area contributed by atoms with E-state index < -0.39 is 0 Å². The Hall–Kier alpha value is -3.22. The zero-order valence-corrected chi connectivity index (χ0v) is 16.5. The second-order valence-corrected chi connectivity index (χ2v) is 7.83. The molecule has 5 rings (SSSR count). The van der Waals surface area contributed by atoms with Crippen LogP contribution in [0.5, 0.6) is 0 Å². The average Bonchev–Trinajstić information content (AvgIpc) is 3.42. The summed E-state index contributed by atoms with van der Waals surface area (Å²) in [6.45, 7) is 2.11. The maximum atomic E-state index is 8.69. The van der Waals surface area contributed by atoms with E-state index in [1.165, 1.54) is 19.2 Å². The number of aromatic amines is 1. The van der Waals surface area contributed by atoms with Crippen molar-refractivity contribution in [2.24, 2.45) is 0 Å². The predicted molar refractivity (Wildman–Crippen MR) is 117 cm³/mol. The van der Waals surface area contributed by atoms with Crippen molar-refractivity contribution in [1.29, 1.82) is 10.8 Å². The molecule has 1 aromatic carbocycles. The molecule has 0 spiro atoms. The molecule has 2 aromatic heterocycles. The van der Waals surface area contributed by atoms with E-state index in [-0.39, 0.29) is 6.04 Å². The van der Waals surface area contributed by atoms with E-state index in [0.29, 0.717) is 17.7 Å². The molecule has 29 heavy (non-hydrogen) atoms. The van der Waals surface area contributed by atoms with Gasteiger partial charge in [0.2, 0.25) is 0 Å². The summed E-state index contributed by atoms with van der Waals surface area (Å²) >= 11 is 0. The molecule has 3 N–H and O–H groups in total. The summed E-state index contributed by atoms with van der Waals surface area (Å²) in [5.41, 5.74) is 2.67. The molecule has 1 saturated carbocycles. The number of anilines is 2. The van der Waals surface area contributed by atoms with Gasteiger partial charge in [0, 0.05) is 16.9 Å². The van der Waals surface area contributed by atoms with E-state index in [1.54, 1.807) is 11.1 Å². The fourth-order valence-electron chi connectivity index (χ4n) is 4.76. The van der Waals surface area contributed by atoms with Gasteiger partial charge in [-0.2, -0.15) is 0 Å². The normalized spacial score (nSPS) is 19.8. The Balaban J connectivity index is 1.66. The number of fused-ring (bicyclic) bond motifs is 2. The smallest absolute Gasteiger partial charge is 0.178 e. The first-order chi connectivity index (χ1) is 14.2. The first-order valence-electron chi connectivity index (χ1n) is 10.3. The molecule has 7 nitrogen and oxygen atoms in total. The Morgan fingerprint density at radius 3 is 2.76 bits per heavy atom. The second kappa shape index (κ2) is 6.99. The van der Waals surface area contributed by atoms with Crippen LogP contribution in [-0.4, -0.2) is 39.2 Å². The van der Waals surface area contributed by atoms with Crippen LogP contribution in [0.25, 0.3) is 22.4 Å². The number of nitrogens with zero attached hydrogens (tertiary/aromatic N) is 4. The summed E-state index contributed by atoms with van der Waals surface area (Å²) in [7, 11) is 0. The van der Waals surface area contributed by atoms with Crippen LogP contribution in [0.2, 0.25) is 0 Å². The Morgan fingerprint density at radius 1 is 1.24 bits per heavy atom. The standard InChI is InChI=1S/C22H25N7/c1-2-18-20(24)28(13-23)19-12-25-21(17-11-14-7-3-6-10-16(14)26-17)27-22(19)29(18)15-8-4-5-9-15/h3,6-7,10-13,15,18,23-24,26H,2,4-5,8-9H2,1H3/t18-/m1/s1. The summed E-state index contributed by atoms with van der Waals surface area (Å²) in [6.07, 6.45) is 8.46. The average molecular weight is 387 g/mol. The van der Waals surface area contributed by atoms with Gasteiger partial charge in [0.1, 0.15) is 11.5 Å². The minimum Gasteiger partial charge on any atom is -0.352 e. The van der Waals surface area contributed by atoms with E-state index in [4.69, 9.17) is 15.8 Å². The highest BCUT2D eigenvalue weighted by Crippen LogP contribution is 2.40. The van der Waals surface area contributed by atoms with Crippen molar-refractivity contribution in [1.82, 2.24) is 15.0 Å². The number of para-hydroxylation sites is 1. The van der Waals surface area contributed by atoms with E-state index in [0.717, 1.165) is 47.4 Å². The first-order valence-corrected chi connectivity index (χ1v) is 10.3. The summed E-state index contributed by atoms with van der Waals surface area (Å²) in [4.78, 5) is 16.9. The number of H-pyrrole nitrogens is 1. The lowest BCUT2D eigenvalue weighted by atomic mass is 10.0. The molecule has 2 aliphatic rings. The Bertz CT molecular complexity index is 1050. The number of amidine groups is 1. The minimum absolute atomic E-state index is 0.0716. The molecule has 1 atom stereocenters. The number of hydrogen-bond acceptors (Lipinski definition) is 5. The lowest BCUT2D eigenvalue weighted by molar-refractivity contribution is 0.548. The van der Waals surface area contributed by atoms with Gasteiger partial charge in [-0.3, -0.25) is 15.7 Å². The fourth-order valence-corrected chi connectivity index (χ4v) is 4.76. The van der Waals surface area contributed by atoms with Crippen LogP contribution in [0, 0.1) is 10.8 Å². The number of benzene rings is 1. The third kappa shape index (κ3) is 2.80. The monoisotopic (exact) mass is 387 g/mol. The largest absolute Gasteiger partial charge is 0.352 e. The Kier molecular flexibility index (Phi) is 4.30. The van der Waals surface area contributed by atoms with E-state index in [2.05, 4.69) is 33.9 Å². The van der Waals surface area contributed by atoms with Gasteiger partial charge in [0.05, 0.1) is 24.3 Å². The molecule has 0 bridgehead atoms. The van der Waals surface area contributed by atoms with Crippen LogP contribution in [0.4, 0.5) is 11.5 Å². The summed E-state index contributed by atoms with van der Waals surface area (Å²) < 4.78 is 0. The number of aromatic nitrogens is 3. The van der Waals surface area contributed by atoms with Crippen LogP contribution in [0.3, 0.4) is 0 Å². The highest BCUT2D eigenvalue weighted by atomic mass is 15.4. The number of rotatable bonds is 4. The maximum absolute atomic E-state index is 8.69. The van der Waals surface area contributed by atoms with Crippen molar-refractivity contribution >= 4 is 34.6 Å². The molecular formula is C22H25N7. The van der Waals surface area contributed by atoms with E-state index >= 15 is 0 Å². The molecule has 0 unspecified atom stereocenters. The highest BCUT2D eigenvalue weighted by molar-refractivity contribution is 6.16. The molecule has 148 valence electrons. The molecular weight excluding hydrogens is 362 g/mol. The fraction of sp³-hybridized carbons (Fsp3) is 0.364. The van der Waals surface area contributed by atoms with Crippen LogP contribution in [0.15, 0.2) is 36.5 Å². The van der Waals surface area contributed by atoms with Crippen molar-refractivity contribution in [2.75, 3.05) is 9.80 Å². The molecule has 3 heterocycles. The van der Waals surface area contributed by atoms with Gasteiger partial charge in [0.25, 0.3) is 0 Å². The summed E-state index contributed by atoms with van der Waals surface area (Å²) in [5, 5.41) is 17.7. The van der Waals surface area contributed by atoms with Gasteiger partial charge >= 0.3 is 0 Å². The third-order valence-corrected chi connectivity index (χ3v) is 6.17. The first kappa shape index (κ1) is 17.8. The van der Waals surface area contributed by atoms with Crippen molar-refractivity contribution in [3.63, 3.8) is 0 Å². The SMILES string of the molecule is CC[C@@H]1C(=N)N(C=N)c2cnc(-c3cc4ccccc4[nH]3)nc2N1C1CCCC1. The van der Waals surface area contributed by atoms with Gasteiger partial charge in [-0.1, -0.05) is 38.0 Å². The van der Waals surface area contributed by atoms with E-state index in [9.17, 15) is 0 Å². The molecule has 7 heteroatoms. The van der Waals surface area contributed by atoms with Crippen LogP contribution >= 0.6 is 0 Å². The maximum Gasteiger partial charge on any atom is 0.178 e. The molecule has 1 fully saturated rings. The van der Waals surface area contributed by atoms with Crippen LogP contribution in [0.1, 0.15) is 39.0 Å². The lowest BCUT2D eigenvalue weighted by Gasteiger charge is -2.44. The van der Waals surface area contributed by atoms with Gasteiger partial charge < -0.3 is 9.88 Å². The number of hydrogen-bond donors (Lipinski definition) is 3. The van der Waals surface area contributed by atoms with Gasteiger partial charge in [-0.15, -0.1) is 0 Å².